The SMILES string of the molecule is COc1ccc2c(c1)[C@]1(C)CCN(C)C(C2)[C@@H]1c1cccc(OCc2ccccc2)c1. The summed E-state index contributed by atoms with van der Waals surface area (Å²) in [5.41, 5.74) is 5.56. The van der Waals surface area contributed by atoms with Crippen molar-refractivity contribution in [1.82, 2.24) is 4.90 Å². The second-order valence-electron chi connectivity index (χ2n) is 9.27. The number of nitrogens with zero attached hydrogens (tertiary/aromatic N) is 1. The molecule has 0 aromatic heterocycles. The highest BCUT2D eigenvalue weighted by atomic mass is 16.5. The Hall–Kier alpha value is -2.78. The normalized spacial score (nSPS) is 25.0. The lowest BCUT2D eigenvalue weighted by Gasteiger charge is -2.55. The van der Waals surface area contributed by atoms with E-state index in [-0.39, 0.29) is 5.41 Å². The Morgan fingerprint density at radius 3 is 2.61 bits per heavy atom. The lowest BCUT2D eigenvalue weighted by molar-refractivity contribution is 0.0828. The second-order valence-corrected chi connectivity index (χ2v) is 9.27. The van der Waals surface area contributed by atoms with E-state index in [4.69, 9.17) is 9.47 Å². The van der Waals surface area contributed by atoms with Crippen molar-refractivity contribution in [2.75, 3.05) is 20.7 Å². The van der Waals surface area contributed by atoms with Gasteiger partial charge in [0, 0.05) is 17.4 Å². The summed E-state index contributed by atoms with van der Waals surface area (Å²) < 4.78 is 11.8. The zero-order valence-electron chi connectivity index (χ0n) is 18.7. The first-order valence-corrected chi connectivity index (χ1v) is 11.2. The highest BCUT2D eigenvalue weighted by Gasteiger charge is 2.50. The molecule has 3 aromatic carbocycles. The molecule has 1 fully saturated rings. The molecule has 160 valence electrons. The van der Waals surface area contributed by atoms with Crippen LogP contribution >= 0.6 is 0 Å². The zero-order valence-corrected chi connectivity index (χ0v) is 18.7. The van der Waals surface area contributed by atoms with Crippen LogP contribution in [0.15, 0.2) is 72.8 Å². The van der Waals surface area contributed by atoms with E-state index in [1.807, 2.05) is 6.07 Å². The van der Waals surface area contributed by atoms with Crippen LogP contribution in [0.2, 0.25) is 0 Å². The first-order chi connectivity index (χ1) is 15.1. The summed E-state index contributed by atoms with van der Waals surface area (Å²) >= 11 is 0. The van der Waals surface area contributed by atoms with Crippen molar-refractivity contribution in [3.8, 4) is 11.5 Å². The van der Waals surface area contributed by atoms with Gasteiger partial charge < -0.3 is 14.4 Å². The van der Waals surface area contributed by atoms with Gasteiger partial charge >= 0.3 is 0 Å². The van der Waals surface area contributed by atoms with Crippen LogP contribution in [0.3, 0.4) is 0 Å². The smallest absolute Gasteiger partial charge is 0.120 e. The van der Waals surface area contributed by atoms with Gasteiger partial charge in [-0.2, -0.15) is 0 Å². The highest BCUT2D eigenvalue weighted by Crippen LogP contribution is 2.54. The maximum Gasteiger partial charge on any atom is 0.120 e. The molecular formula is C28H31NO2. The molecule has 0 radical (unpaired) electrons. The molecule has 1 aliphatic heterocycles. The molecule has 1 saturated heterocycles. The first-order valence-electron chi connectivity index (χ1n) is 11.2. The fourth-order valence-electron chi connectivity index (χ4n) is 5.73. The van der Waals surface area contributed by atoms with Gasteiger partial charge in [-0.3, -0.25) is 0 Å². The number of benzene rings is 3. The van der Waals surface area contributed by atoms with E-state index in [2.05, 4.69) is 85.6 Å². The van der Waals surface area contributed by atoms with Gasteiger partial charge in [-0.05, 0) is 73.0 Å². The van der Waals surface area contributed by atoms with E-state index < -0.39 is 0 Å². The molecule has 0 N–H and O–H groups in total. The molecular weight excluding hydrogens is 382 g/mol. The fourth-order valence-corrected chi connectivity index (χ4v) is 5.73. The number of piperidine rings is 1. The van der Waals surface area contributed by atoms with Gasteiger partial charge in [0.25, 0.3) is 0 Å². The van der Waals surface area contributed by atoms with Crippen molar-refractivity contribution >= 4 is 0 Å². The lowest BCUT2D eigenvalue weighted by atomic mass is 9.56. The molecule has 3 nitrogen and oxygen atoms in total. The van der Waals surface area contributed by atoms with Crippen molar-refractivity contribution in [2.24, 2.45) is 0 Å². The summed E-state index contributed by atoms with van der Waals surface area (Å²) in [4.78, 5) is 2.55. The van der Waals surface area contributed by atoms with Crippen molar-refractivity contribution in [1.29, 1.82) is 0 Å². The standard InChI is InChI=1S/C28H31NO2/c1-28-14-15-29(2)26(17-21-12-13-23(30-3)18-25(21)28)27(28)22-10-7-11-24(16-22)31-19-20-8-5-4-6-9-20/h4-13,16,18,26-27H,14-15,17,19H2,1-3H3/t26?,27-,28-/m0/s1. The molecule has 3 aromatic rings. The predicted molar refractivity (Wildman–Crippen MR) is 125 cm³/mol. The van der Waals surface area contributed by atoms with Gasteiger partial charge in [-0.25, -0.2) is 0 Å². The van der Waals surface area contributed by atoms with Crippen molar-refractivity contribution < 1.29 is 9.47 Å². The molecule has 1 heterocycles. The van der Waals surface area contributed by atoms with Crippen molar-refractivity contribution in [2.45, 2.75) is 43.7 Å². The van der Waals surface area contributed by atoms with Gasteiger partial charge in [0.2, 0.25) is 0 Å². The molecule has 3 atom stereocenters. The van der Waals surface area contributed by atoms with Crippen LogP contribution in [0.1, 0.15) is 41.5 Å². The quantitative estimate of drug-likeness (QED) is 0.545. The number of likely N-dealkylation sites (tertiary alicyclic amines) is 1. The first kappa shape index (κ1) is 20.1. The molecule has 1 unspecified atom stereocenters. The Morgan fingerprint density at radius 1 is 0.968 bits per heavy atom. The summed E-state index contributed by atoms with van der Waals surface area (Å²) in [6.45, 7) is 4.17. The van der Waals surface area contributed by atoms with E-state index in [1.165, 1.54) is 22.3 Å². The summed E-state index contributed by atoms with van der Waals surface area (Å²) in [5.74, 6) is 2.32. The van der Waals surface area contributed by atoms with Crippen LogP contribution < -0.4 is 9.47 Å². The van der Waals surface area contributed by atoms with Gasteiger partial charge in [0.05, 0.1) is 7.11 Å². The minimum Gasteiger partial charge on any atom is -0.497 e. The zero-order chi connectivity index (χ0) is 21.4. The summed E-state index contributed by atoms with van der Waals surface area (Å²) in [6, 6.07) is 26.3. The third-order valence-electron chi connectivity index (χ3n) is 7.45. The summed E-state index contributed by atoms with van der Waals surface area (Å²) in [5, 5.41) is 0. The Balaban J connectivity index is 1.50. The minimum atomic E-state index is 0.0807. The van der Waals surface area contributed by atoms with E-state index in [0.29, 0.717) is 18.6 Å². The van der Waals surface area contributed by atoms with Crippen LogP contribution in [0.25, 0.3) is 0 Å². The number of hydrogen-bond donors (Lipinski definition) is 0. The third kappa shape index (κ3) is 3.61. The van der Waals surface area contributed by atoms with Crippen molar-refractivity contribution in [3.05, 3.63) is 95.1 Å². The van der Waals surface area contributed by atoms with E-state index in [9.17, 15) is 0 Å². The van der Waals surface area contributed by atoms with Crippen LogP contribution in [-0.4, -0.2) is 31.6 Å². The maximum absolute atomic E-state index is 6.18. The number of rotatable bonds is 5. The highest BCUT2D eigenvalue weighted by molar-refractivity contribution is 5.49. The second kappa shape index (κ2) is 8.05. The maximum atomic E-state index is 6.18. The summed E-state index contributed by atoms with van der Waals surface area (Å²) in [7, 11) is 4.04. The largest absolute Gasteiger partial charge is 0.497 e. The number of likely N-dealkylation sites (N-methyl/N-ethyl adjacent to an activating group) is 1. The van der Waals surface area contributed by atoms with E-state index in [0.717, 1.165) is 30.9 Å². The van der Waals surface area contributed by atoms with E-state index in [1.54, 1.807) is 7.11 Å². The third-order valence-corrected chi connectivity index (χ3v) is 7.45. The van der Waals surface area contributed by atoms with Gasteiger partial charge in [0.1, 0.15) is 18.1 Å². The van der Waals surface area contributed by atoms with Crippen LogP contribution in [0, 0.1) is 0 Å². The van der Waals surface area contributed by atoms with Gasteiger partial charge in [0.15, 0.2) is 0 Å². The van der Waals surface area contributed by atoms with Crippen LogP contribution in [-0.2, 0) is 18.4 Å². The Morgan fingerprint density at radius 2 is 1.81 bits per heavy atom. The van der Waals surface area contributed by atoms with Gasteiger partial charge in [-0.1, -0.05) is 55.5 Å². The molecule has 3 heteroatoms. The monoisotopic (exact) mass is 413 g/mol. The predicted octanol–water partition coefficient (Wildman–Crippen LogP) is 5.58. The van der Waals surface area contributed by atoms with E-state index >= 15 is 0 Å². The molecule has 2 bridgehead atoms. The number of methoxy groups -OCH3 is 1. The Labute approximate surface area is 185 Å². The molecule has 5 rings (SSSR count). The van der Waals surface area contributed by atoms with Crippen molar-refractivity contribution in [3.63, 3.8) is 0 Å². The lowest BCUT2D eigenvalue weighted by Crippen LogP contribution is -2.56. The minimum absolute atomic E-state index is 0.0807. The molecule has 0 saturated carbocycles. The molecule has 1 aliphatic carbocycles. The molecule has 2 aliphatic rings. The molecule has 0 amide bonds. The Bertz CT molecular complexity index is 1060. The van der Waals surface area contributed by atoms with Gasteiger partial charge in [-0.15, -0.1) is 0 Å². The van der Waals surface area contributed by atoms with Crippen LogP contribution in [0.4, 0.5) is 0 Å². The average molecular weight is 414 g/mol. The van der Waals surface area contributed by atoms with Crippen LogP contribution in [0.5, 0.6) is 11.5 Å². The molecule has 31 heavy (non-hydrogen) atoms. The number of fused-ring (bicyclic) bond motifs is 4. The Kier molecular flexibility index (Phi) is 5.23. The average Bonchev–Trinajstić information content (AvgIpc) is 2.81. The summed E-state index contributed by atoms with van der Waals surface area (Å²) in [6.07, 6.45) is 2.21. The number of ether oxygens (including phenoxy) is 2. The topological polar surface area (TPSA) is 21.7 Å². The fraction of sp³-hybridized carbons (Fsp3) is 0.357. The number of hydrogen-bond acceptors (Lipinski definition) is 3. The molecule has 0 spiro atoms.